The third-order valence-corrected chi connectivity index (χ3v) is 2.23. The summed E-state index contributed by atoms with van der Waals surface area (Å²) < 4.78 is 0. The van der Waals surface area contributed by atoms with Crippen molar-refractivity contribution in [3.8, 4) is 0 Å². The van der Waals surface area contributed by atoms with Crippen molar-refractivity contribution in [2.24, 2.45) is 0 Å². The highest BCUT2D eigenvalue weighted by Crippen LogP contribution is 2.19. The zero-order valence-corrected chi connectivity index (χ0v) is 6.38. The Kier molecular flexibility index (Phi) is 1.66. The Morgan fingerprint density at radius 1 is 1.55 bits per heavy atom. The Morgan fingerprint density at radius 3 is 3.36 bits per heavy atom. The summed E-state index contributed by atoms with van der Waals surface area (Å²) in [7, 11) is 0. The van der Waals surface area contributed by atoms with Crippen LogP contribution in [0.2, 0.25) is 0 Å². The summed E-state index contributed by atoms with van der Waals surface area (Å²) in [4.78, 5) is 0. The molecule has 1 nitrogen and oxygen atoms in total. The molecule has 0 saturated heterocycles. The van der Waals surface area contributed by atoms with Gasteiger partial charge in [-0.05, 0) is 36.5 Å². The van der Waals surface area contributed by atoms with E-state index in [2.05, 4.69) is 12.1 Å². The van der Waals surface area contributed by atoms with Gasteiger partial charge < -0.3 is 5.11 Å². The molecule has 0 unspecified atom stereocenters. The summed E-state index contributed by atoms with van der Waals surface area (Å²) in [6.07, 6.45) is 2.57. The minimum Gasteiger partial charge on any atom is -0.393 e. The fourth-order valence-electron chi connectivity index (χ4n) is 1.59. The second kappa shape index (κ2) is 2.67. The zero-order chi connectivity index (χ0) is 7.68. The number of rotatable bonds is 0. The molecule has 0 saturated carbocycles. The van der Waals surface area contributed by atoms with E-state index in [1.165, 1.54) is 11.1 Å². The summed E-state index contributed by atoms with van der Waals surface area (Å²) >= 11 is 0. The van der Waals surface area contributed by atoms with E-state index >= 15 is 0 Å². The summed E-state index contributed by atoms with van der Waals surface area (Å²) in [6, 6.07) is 9.21. The van der Waals surface area contributed by atoms with Crippen LogP contribution in [0.25, 0.3) is 0 Å². The zero-order valence-electron chi connectivity index (χ0n) is 6.38. The summed E-state index contributed by atoms with van der Waals surface area (Å²) in [5.41, 5.74) is 2.56. The standard InChI is InChI=1S/C10H11O/c11-10-6-5-8-3-1-2-4-9(8)7-10/h1-3,10-11H,5-7H2/t10-/m1/s1. The molecule has 0 heterocycles. The van der Waals surface area contributed by atoms with E-state index < -0.39 is 0 Å². The highest BCUT2D eigenvalue weighted by Gasteiger charge is 2.14. The predicted octanol–water partition coefficient (Wildman–Crippen LogP) is 1.34. The van der Waals surface area contributed by atoms with Crippen LogP contribution in [0.5, 0.6) is 0 Å². The molecule has 0 fully saturated rings. The summed E-state index contributed by atoms with van der Waals surface area (Å²) in [5, 5.41) is 9.34. The van der Waals surface area contributed by atoms with Crippen molar-refractivity contribution in [2.75, 3.05) is 0 Å². The Labute approximate surface area is 66.7 Å². The van der Waals surface area contributed by atoms with Crippen LogP contribution in [-0.2, 0) is 12.8 Å². The van der Waals surface area contributed by atoms with Gasteiger partial charge in [0, 0.05) is 0 Å². The van der Waals surface area contributed by atoms with Crippen LogP contribution in [0.15, 0.2) is 18.2 Å². The van der Waals surface area contributed by atoms with E-state index in [9.17, 15) is 5.11 Å². The summed E-state index contributed by atoms with van der Waals surface area (Å²) in [6.45, 7) is 0. The van der Waals surface area contributed by atoms with Crippen molar-refractivity contribution in [3.63, 3.8) is 0 Å². The van der Waals surface area contributed by atoms with E-state index in [0.717, 1.165) is 19.3 Å². The van der Waals surface area contributed by atoms with Crippen molar-refractivity contribution in [2.45, 2.75) is 25.4 Å². The predicted molar refractivity (Wildman–Crippen MR) is 43.3 cm³/mol. The van der Waals surface area contributed by atoms with Gasteiger partial charge in [0.2, 0.25) is 0 Å². The van der Waals surface area contributed by atoms with E-state index in [-0.39, 0.29) is 6.10 Å². The van der Waals surface area contributed by atoms with Crippen LogP contribution in [0.4, 0.5) is 0 Å². The number of fused-ring (bicyclic) bond motifs is 1. The van der Waals surface area contributed by atoms with Gasteiger partial charge in [0.25, 0.3) is 0 Å². The molecule has 1 radical (unpaired) electrons. The van der Waals surface area contributed by atoms with Crippen molar-refractivity contribution < 1.29 is 5.11 Å². The Balaban J connectivity index is 2.34. The van der Waals surface area contributed by atoms with E-state index in [0.29, 0.717) is 0 Å². The second-order valence-electron chi connectivity index (χ2n) is 3.07. The number of benzene rings is 1. The van der Waals surface area contributed by atoms with Crippen molar-refractivity contribution >= 4 is 0 Å². The molecule has 1 aliphatic rings. The molecule has 0 aliphatic heterocycles. The fourth-order valence-corrected chi connectivity index (χ4v) is 1.59. The van der Waals surface area contributed by atoms with Gasteiger partial charge >= 0.3 is 0 Å². The maximum absolute atomic E-state index is 9.34. The lowest BCUT2D eigenvalue weighted by molar-refractivity contribution is 0.158. The summed E-state index contributed by atoms with van der Waals surface area (Å²) in [5.74, 6) is 0. The molecule has 0 amide bonds. The van der Waals surface area contributed by atoms with E-state index in [1.807, 2.05) is 12.1 Å². The quantitative estimate of drug-likeness (QED) is 0.587. The SMILES string of the molecule is O[C@@H]1CCc2ccc[c]c2C1. The lowest BCUT2D eigenvalue weighted by Gasteiger charge is -2.19. The minimum atomic E-state index is -0.138. The van der Waals surface area contributed by atoms with Gasteiger partial charge in [-0.2, -0.15) is 0 Å². The molecule has 11 heavy (non-hydrogen) atoms. The third-order valence-electron chi connectivity index (χ3n) is 2.23. The molecular formula is C10H11O. The third kappa shape index (κ3) is 1.29. The Morgan fingerprint density at radius 2 is 2.45 bits per heavy atom. The lowest BCUT2D eigenvalue weighted by Crippen LogP contribution is -2.18. The first-order chi connectivity index (χ1) is 5.36. The molecule has 0 spiro atoms. The van der Waals surface area contributed by atoms with Crippen molar-refractivity contribution in [1.29, 1.82) is 0 Å². The average molecular weight is 147 g/mol. The number of aryl methyl sites for hydroxylation is 1. The van der Waals surface area contributed by atoms with Crippen LogP contribution in [0.1, 0.15) is 17.5 Å². The molecule has 57 valence electrons. The monoisotopic (exact) mass is 147 g/mol. The first kappa shape index (κ1) is 6.86. The second-order valence-corrected chi connectivity index (χ2v) is 3.07. The van der Waals surface area contributed by atoms with Crippen LogP contribution in [0, 0.1) is 6.07 Å². The minimum absolute atomic E-state index is 0.138. The number of hydrogen-bond acceptors (Lipinski definition) is 1. The van der Waals surface area contributed by atoms with Gasteiger partial charge in [-0.25, -0.2) is 0 Å². The molecule has 0 bridgehead atoms. The van der Waals surface area contributed by atoms with Crippen molar-refractivity contribution in [1.82, 2.24) is 0 Å². The van der Waals surface area contributed by atoms with Gasteiger partial charge in [0.1, 0.15) is 0 Å². The van der Waals surface area contributed by atoms with Crippen LogP contribution in [-0.4, -0.2) is 11.2 Å². The molecule has 0 aromatic heterocycles. The topological polar surface area (TPSA) is 20.2 Å². The molecular weight excluding hydrogens is 136 g/mol. The smallest absolute Gasteiger partial charge is 0.0584 e. The molecule has 1 aromatic carbocycles. The van der Waals surface area contributed by atoms with E-state index in [1.54, 1.807) is 0 Å². The van der Waals surface area contributed by atoms with E-state index in [4.69, 9.17) is 0 Å². The maximum atomic E-state index is 9.34. The number of aliphatic hydroxyl groups is 1. The molecule has 1 aliphatic carbocycles. The average Bonchev–Trinajstić information content (AvgIpc) is 2.04. The number of aliphatic hydroxyl groups excluding tert-OH is 1. The molecule has 1 N–H and O–H groups in total. The van der Waals surface area contributed by atoms with Crippen LogP contribution in [0.3, 0.4) is 0 Å². The maximum Gasteiger partial charge on any atom is 0.0584 e. The van der Waals surface area contributed by atoms with Gasteiger partial charge in [-0.3, -0.25) is 0 Å². The molecule has 2 rings (SSSR count). The van der Waals surface area contributed by atoms with Gasteiger partial charge in [0.15, 0.2) is 0 Å². The Bertz CT molecular complexity index is 255. The molecule has 1 atom stereocenters. The normalized spacial score (nSPS) is 22.8. The first-order valence-electron chi connectivity index (χ1n) is 4.03. The largest absolute Gasteiger partial charge is 0.393 e. The lowest BCUT2D eigenvalue weighted by atomic mass is 9.90. The van der Waals surface area contributed by atoms with Gasteiger partial charge in [-0.1, -0.05) is 18.2 Å². The van der Waals surface area contributed by atoms with Gasteiger partial charge in [0.05, 0.1) is 6.10 Å². The Hall–Kier alpha value is -0.820. The van der Waals surface area contributed by atoms with Crippen LogP contribution < -0.4 is 0 Å². The first-order valence-corrected chi connectivity index (χ1v) is 4.03. The van der Waals surface area contributed by atoms with Gasteiger partial charge in [-0.15, -0.1) is 0 Å². The van der Waals surface area contributed by atoms with Crippen LogP contribution >= 0.6 is 0 Å². The molecule has 1 heteroatoms. The highest BCUT2D eigenvalue weighted by atomic mass is 16.3. The number of hydrogen-bond donors (Lipinski definition) is 1. The highest BCUT2D eigenvalue weighted by molar-refractivity contribution is 5.28. The molecule has 1 aromatic rings. The van der Waals surface area contributed by atoms with Crippen molar-refractivity contribution in [3.05, 3.63) is 35.4 Å². The fraction of sp³-hybridized carbons (Fsp3) is 0.400.